The van der Waals surface area contributed by atoms with Crippen molar-refractivity contribution in [2.75, 3.05) is 0 Å². The third-order valence-electron chi connectivity index (χ3n) is 1.16. The lowest BCUT2D eigenvalue weighted by Crippen LogP contribution is -2.21. The first-order valence-corrected chi connectivity index (χ1v) is 5.24. The van der Waals surface area contributed by atoms with Gasteiger partial charge in [-0.05, 0) is 0 Å². The fourth-order valence-corrected chi connectivity index (χ4v) is 0.228. The van der Waals surface area contributed by atoms with E-state index in [9.17, 15) is 44.3 Å². The maximum Gasteiger partial charge on any atom is 0.490 e. The number of alkyl halides is 9. The highest BCUT2D eigenvalue weighted by atomic mass is 19.4. The predicted octanol–water partition coefficient (Wildman–Crippen LogP) is 2.16. The van der Waals surface area contributed by atoms with Gasteiger partial charge in [0.15, 0.2) is 0 Å². The van der Waals surface area contributed by atoms with Crippen LogP contribution in [0.4, 0.5) is 44.3 Å². The van der Waals surface area contributed by atoms with Crippen LogP contribution in [0.1, 0.15) is 0 Å². The Kier molecular flexibility index (Phi) is 12.1. The number of urea groups is 1. The first-order valence-electron chi connectivity index (χ1n) is 5.24. The van der Waals surface area contributed by atoms with Gasteiger partial charge in [-0.2, -0.15) is 49.5 Å². The first kappa shape index (κ1) is 28.6. The molecule has 1 aliphatic rings. The van der Waals surface area contributed by atoms with Crippen molar-refractivity contribution in [3.05, 3.63) is 0 Å². The summed E-state index contributed by atoms with van der Waals surface area (Å²) >= 11 is 0. The molecule has 2 amide bonds. The van der Waals surface area contributed by atoms with E-state index in [4.69, 9.17) is 29.7 Å². The zero-order valence-corrected chi connectivity index (χ0v) is 11.9. The number of aliphatic carboxylic acids is 3. The molecule has 18 heteroatoms. The second-order valence-corrected chi connectivity index (χ2v) is 3.25. The van der Waals surface area contributed by atoms with E-state index in [-0.39, 0.29) is 0 Å². The number of carbonyl (C=O) groups excluding carboxylic acids is 1. The number of hydrogen-bond donors (Lipinski definition) is 3. The van der Waals surface area contributed by atoms with Crippen molar-refractivity contribution in [2.45, 2.75) is 18.5 Å². The van der Waals surface area contributed by atoms with Gasteiger partial charge in [-0.15, -0.1) is 0 Å². The van der Waals surface area contributed by atoms with Gasteiger partial charge in [0.05, 0.1) is 12.4 Å². The Morgan fingerprint density at radius 2 is 0.778 bits per heavy atom. The maximum atomic E-state index is 10.6. The molecule has 0 aromatic rings. The van der Waals surface area contributed by atoms with E-state index >= 15 is 0 Å². The lowest BCUT2D eigenvalue weighted by Gasteiger charge is -1.93. The Balaban J connectivity index is -0.000000285. The second-order valence-electron chi connectivity index (χ2n) is 3.25. The summed E-state index contributed by atoms with van der Waals surface area (Å²) in [6.45, 7) is 0. The summed E-state index contributed by atoms with van der Waals surface area (Å²) in [5.41, 5.74) is 0. The molecular weight excluding hydrogens is 419 g/mol. The Labute approximate surface area is 140 Å². The Morgan fingerprint density at radius 1 is 0.630 bits per heavy atom. The maximum absolute atomic E-state index is 10.6. The molecule has 0 saturated heterocycles. The normalized spacial score (nSPS) is 12.6. The van der Waals surface area contributed by atoms with Crippen molar-refractivity contribution in [3.8, 4) is 0 Å². The second kappa shape index (κ2) is 11.4. The summed E-state index contributed by atoms with van der Waals surface area (Å²) in [5, 5.41) is 21.4. The van der Waals surface area contributed by atoms with Gasteiger partial charge in [-0.1, -0.05) is 0 Å². The molecule has 0 aliphatic carbocycles. The van der Waals surface area contributed by atoms with E-state index in [0.29, 0.717) is 0 Å². The highest BCUT2D eigenvalue weighted by molar-refractivity contribution is 6.25. The SMILES string of the molecule is O=C(O)C(F)(F)F.O=C(O)C(F)(F)F.O=C(O)C(F)(F)F.O=C1N=CC=N1. The number of amides is 2. The molecule has 1 rings (SSSR count). The molecular formula is C9H5F9N2O7. The van der Waals surface area contributed by atoms with Crippen molar-refractivity contribution in [1.29, 1.82) is 0 Å². The number of aliphatic imine (C=N–C) groups is 2. The summed E-state index contributed by atoms with van der Waals surface area (Å²) in [5.74, 6) is -8.27. The quantitative estimate of drug-likeness (QED) is 0.504. The van der Waals surface area contributed by atoms with E-state index in [0.717, 1.165) is 0 Å². The lowest BCUT2D eigenvalue weighted by atomic mass is 10.7. The van der Waals surface area contributed by atoms with Gasteiger partial charge >= 0.3 is 42.5 Å². The van der Waals surface area contributed by atoms with Crippen LogP contribution in [0.25, 0.3) is 0 Å². The van der Waals surface area contributed by atoms with Crippen LogP contribution in [0.15, 0.2) is 9.98 Å². The molecule has 3 N–H and O–H groups in total. The van der Waals surface area contributed by atoms with Gasteiger partial charge in [-0.3, -0.25) is 0 Å². The Morgan fingerprint density at radius 3 is 0.815 bits per heavy atom. The number of carbonyl (C=O) groups is 4. The number of nitrogens with zero attached hydrogens (tertiary/aromatic N) is 2. The zero-order chi connectivity index (χ0) is 22.6. The van der Waals surface area contributed by atoms with Gasteiger partial charge in [0.2, 0.25) is 0 Å². The average Bonchev–Trinajstić information content (AvgIpc) is 2.88. The molecule has 0 fully saturated rings. The highest BCUT2D eigenvalue weighted by Crippen LogP contribution is 2.14. The molecule has 0 saturated carbocycles. The van der Waals surface area contributed by atoms with Crippen molar-refractivity contribution >= 4 is 36.4 Å². The number of carboxylic acid groups (broad SMARTS) is 3. The van der Waals surface area contributed by atoms with E-state index in [1.807, 2.05) is 0 Å². The smallest absolute Gasteiger partial charge is 0.475 e. The van der Waals surface area contributed by atoms with E-state index < -0.39 is 42.5 Å². The molecule has 0 bridgehead atoms. The summed E-state index contributed by atoms with van der Waals surface area (Å²) in [6, 6.07) is -0.407. The number of rotatable bonds is 0. The zero-order valence-electron chi connectivity index (χ0n) is 11.9. The minimum atomic E-state index is -5.08. The molecule has 0 unspecified atom stereocenters. The Hall–Kier alpha value is -3.21. The van der Waals surface area contributed by atoms with Gasteiger partial charge in [0.1, 0.15) is 0 Å². The average molecular weight is 424 g/mol. The van der Waals surface area contributed by atoms with Gasteiger partial charge < -0.3 is 15.3 Å². The van der Waals surface area contributed by atoms with Crippen molar-refractivity contribution < 1.29 is 74.0 Å². The molecule has 27 heavy (non-hydrogen) atoms. The monoisotopic (exact) mass is 424 g/mol. The molecule has 0 aromatic carbocycles. The molecule has 0 spiro atoms. The number of hydrogen-bond acceptors (Lipinski definition) is 4. The summed E-state index contributed by atoms with van der Waals surface area (Å²) in [7, 11) is 0. The van der Waals surface area contributed by atoms with Crippen LogP contribution < -0.4 is 0 Å². The van der Waals surface area contributed by atoms with Crippen LogP contribution in [0.5, 0.6) is 0 Å². The van der Waals surface area contributed by atoms with Crippen molar-refractivity contribution in [1.82, 2.24) is 0 Å². The fourth-order valence-electron chi connectivity index (χ4n) is 0.228. The van der Waals surface area contributed by atoms with Crippen LogP contribution in [0.3, 0.4) is 0 Å². The fraction of sp³-hybridized carbons (Fsp3) is 0.333. The lowest BCUT2D eigenvalue weighted by molar-refractivity contribution is -0.193. The third kappa shape index (κ3) is 20.7. The molecule has 0 atom stereocenters. The number of carboxylic acids is 3. The topological polar surface area (TPSA) is 154 Å². The molecule has 1 aliphatic heterocycles. The molecule has 156 valence electrons. The summed E-state index contributed by atoms with van der Waals surface area (Å²) in [4.78, 5) is 43.0. The van der Waals surface area contributed by atoms with Crippen LogP contribution in [0.2, 0.25) is 0 Å². The minimum Gasteiger partial charge on any atom is -0.475 e. The van der Waals surface area contributed by atoms with Crippen LogP contribution in [-0.4, -0.2) is 70.2 Å². The van der Waals surface area contributed by atoms with E-state index in [2.05, 4.69) is 9.98 Å². The van der Waals surface area contributed by atoms with Crippen LogP contribution in [-0.2, 0) is 14.4 Å². The first-order chi connectivity index (χ1) is 11.7. The minimum absolute atomic E-state index is 0.407. The Bertz CT molecular complexity index is 519. The standard InChI is InChI=1S/C3H2N2O.3C2HF3O2/c6-3-4-1-2-5-3;3*3-2(4,5)1(6)7/h1-2H;3*(H,6,7). The molecule has 1 heterocycles. The van der Waals surface area contributed by atoms with Gasteiger partial charge in [0, 0.05) is 0 Å². The predicted molar refractivity (Wildman–Crippen MR) is 63.5 cm³/mol. The number of halogens is 9. The van der Waals surface area contributed by atoms with Crippen LogP contribution in [0, 0.1) is 0 Å². The highest BCUT2D eigenvalue weighted by Gasteiger charge is 2.39. The van der Waals surface area contributed by atoms with Gasteiger partial charge in [-0.25, -0.2) is 19.2 Å². The van der Waals surface area contributed by atoms with Crippen molar-refractivity contribution in [3.63, 3.8) is 0 Å². The van der Waals surface area contributed by atoms with E-state index in [1.54, 1.807) is 0 Å². The largest absolute Gasteiger partial charge is 0.490 e. The molecule has 9 nitrogen and oxygen atoms in total. The molecule has 0 aromatic heterocycles. The van der Waals surface area contributed by atoms with Crippen LogP contribution >= 0.6 is 0 Å². The van der Waals surface area contributed by atoms with E-state index in [1.165, 1.54) is 12.4 Å². The molecule has 0 radical (unpaired) electrons. The third-order valence-corrected chi connectivity index (χ3v) is 1.16. The summed E-state index contributed by atoms with van der Waals surface area (Å²) in [6.07, 6.45) is -12.5. The summed E-state index contributed by atoms with van der Waals surface area (Å²) < 4.78 is 95.2. The van der Waals surface area contributed by atoms with Gasteiger partial charge in [0.25, 0.3) is 0 Å². The van der Waals surface area contributed by atoms with Crippen molar-refractivity contribution in [2.24, 2.45) is 9.98 Å².